The van der Waals surface area contributed by atoms with Crippen molar-refractivity contribution in [2.75, 3.05) is 49.2 Å². The molecule has 0 N–H and O–H groups in total. The van der Waals surface area contributed by atoms with E-state index in [1.807, 2.05) is 11.0 Å². The number of hydrogen-bond acceptors (Lipinski definition) is 7. The zero-order valence-electron chi connectivity index (χ0n) is 23.5. The first-order valence-electron chi connectivity index (χ1n) is 14.9. The Balaban J connectivity index is 0.968. The Morgan fingerprint density at radius 1 is 0.881 bits per heavy atom. The third-order valence-corrected chi connectivity index (χ3v) is 8.62. The number of pyridine rings is 1. The quantitative estimate of drug-likeness (QED) is 0.355. The van der Waals surface area contributed by atoms with E-state index in [-0.39, 0.29) is 19.1 Å². The second-order valence-corrected chi connectivity index (χ2v) is 11.6. The highest BCUT2D eigenvalue weighted by molar-refractivity contribution is 5.96. The summed E-state index contributed by atoms with van der Waals surface area (Å²) in [5.74, 6) is 1.94. The fourth-order valence-electron chi connectivity index (χ4n) is 5.89. The molecule has 1 aromatic heterocycles. The van der Waals surface area contributed by atoms with E-state index in [0.717, 1.165) is 18.9 Å². The van der Waals surface area contributed by atoms with E-state index in [1.54, 1.807) is 48.5 Å². The van der Waals surface area contributed by atoms with Crippen molar-refractivity contribution in [3.8, 4) is 0 Å². The molecule has 0 radical (unpaired) electrons. The van der Waals surface area contributed by atoms with Crippen LogP contribution in [-0.4, -0.2) is 73.3 Å². The SMILES string of the molecule is O=C(OCC1COC(=O)N1c1ccc(C(=O)N2CCN(c3ncc(C4CC4)cc3C3CC3)CC2)cc1)c1ccccc1. The van der Waals surface area contributed by atoms with Gasteiger partial charge in [-0.15, -0.1) is 0 Å². The molecule has 2 aliphatic carbocycles. The normalized spacial score (nSPS) is 20.4. The van der Waals surface area contributed by atoms with Crippen molar-refractivity contribution in [3.05, 3.63) is 89.1 Å². The Morgan fingerprint density at radius 3 is 2.29 bits per heavy atom. The summed E-state index contributed by atoms with van der Waals surface area (Å²) in [4.78, 5) is 48.8. The largest absolute Gasteiger partial charge is 0.460 e. The van der Waals surface area contributed by atoms with Crippen molar-refractivity contribution in [1.29, 1.82) is 0 Å². The van der Waals surface area contributed by atoms with Crippen LogP contribution in [-0.2, 0) is 9.47 Å². The van der Waals surface area contributed by atoms with Gasteiger partial charge < -0.3 is 19.3 Å². The maximum absolute atomic E-state index is 13.4. The van der Waals surface area contributed by atoms with E-state index < -0.39 is 18.1 Å². The number of nitrogens with zero attached hydrogens (tertiary/aromatic N) is 4. The number of hydrogen-bond donors (Lipinski definition) is 0. The van der Waals surface area contributed by atoms with Crippen LogP contribution in [0.5, 0.6) is 0 Å². The van der Waals surface area contributed by atoms with Crippen molar-refractivity contribution >= 4 is 29.5 Å². The van der Waals surface area contributed by atoms with Crippen LogP contribution in [0.1, 0.15) is 69.4 Å². The van der Waals surface area contributed by atoms with Crippen LogP contribution in [0.25, 0.3) is 0 Å². The average molecular weight is 567 g/mol. The number of cyclic esters (lactones) is 1. The maximum Gasteiger partial charge on any atom is 0.414 e. The van der Waals surface area contributed by atoms with Gasteiger partial charge in [0.1, 0.15) is 25.1 Å². The van der Waals surface area contributed by atoms with Crippen LogP contribution < -0.4 is 9.80 Å². The highest BCUT2D eigenvalue weighted by Crippen LogP contribution is 2.47. The molecule has 216 valence electrons. The van der Waals surface area contributed by atoms with Crippen molar-refractivity contribution in [3.63, 3.8) is 0 Å². The number of aromatic nitrogens is 1. The topological polar surface area (TPSA) is 92.3 Å². The van der Waals surface area contributed by atoms with Crippen LogP contribution in [0.2, 0.25) is 0 Å². The molecule has 42 heavy (non-hydrogen) atoms. The lowest BCUT2D eigenvalue weighted by atomic mass is 10.1. The molecule has 9 heteroatoms. The third kappa shape index (κ3) is 5.43. The molecule has 9 nitrogen and oxygen atoms in total. The predicted molar refractivity (Wildman–Crippen MR) is 157 cm³/mol. The van der Waals surface area contributed by atoms with Gasteiger partial charge in [0, 0.05) is 43.6 Å². The number of amides is 2. The smallest absolute Gasteiger partial charge is 0.414 e. The molecule has 2 saturated heterocycles. The van der Waals surface area contributed by atoms with Crippen molar-refractivity contribution in [2.24, 2.45) is 0 Å². The first kappa shape index (κ1) is 26.5. The minimum atomic E-state index is -0.504. The van der Waals surface area contributed by atoms with Gasteiger partial charge in [-0.1, -0.05) is 24.3 Å². The number of ether oxygens (including phenoxy) is 2. The standard InChI is InChI=1S/C33H34N4O5/c38-31(36-16-14-35(15-17-36)30-29(23-8-9-23)18-26(19-34-30)22-6-7-22)24-10-12-27(13-11-24)37-28(21-42-33(37)40)20-41-32(39)25-4-2-1-3-5-25/h1-5,10-13,18-19,22-23,28H,6-9,14-17,20-21H2. The number of benzene rings is 2. The van der Waals surface area contributed by atoms with Gasteiger partial charge in [0.15, 0.2) is 0 Å². The summed E-state index contributed by atoms with van der Waals surface area (Å²) < 4.78 is 10.7. The highest BCUT2D eigenvalue weighted by Gasteiger charge is 2.36. The number of piperazine rings is 1. The second kappa shape index (κ2) is 11.1. The molecule has 4 fully saturated rings. The Bertz CT molecular complexity index is 1480. The lowest BCUT2D eigenvalue weighted by Gasteiger charge is -2.36. The second-order valence-electron chi connectivity index (χ2n) is 11.6. The Morgan fingerprint density at radius 2 is 1.60 bits per heavy atom. The van der Waals surface area contributed by atoms with E-state index in [2.05, 4.69) is 17.2 Å². The summed E-state index contributed by atoms with van der Waals surface area (Å²) in [5.41, 5.74) is 4.39. The summed E-state index contributed by atoms with van der Waals surface area (Å²) in [6, 6.07) is 17.6. The molecule has 3 heterocycles. The molecule has 1 unspecified atom stereocenters. The van der Waals surface area contributed by atoms with Crippen LogP contribution in [0.15, 0.2) is 66.9 Å². The summed E-state index contributed by atoms with van der Waals surface area (Å²) in [6.45, 7) is 2.89. The van der Waals surface area contributed by atoms with Gasteiger partial charge in [-0.2, -0.15) is 0 Å². The molecule has 3 aromatic rings. The lowest BCUT2D eigenvalue weighted by molar-refractivity contribution is 0.0475. The molecular weight excluding hydrogens is 532 g/mol. The van der Waals surface area contributed by atoms with Crippen LogP contribution in [0.3, 0.4) is 0 Å². The minimum absolute atomic E-state index is 0.00501. The monoisotopic (exact) mass is 566 g/mol. The predicted octanol–water partition coefficient (Wildman–Crippen LogP) is 4.98. The summed E-state index contributed by atoms with van der Waals surface area (Å²) in [6.07, 6.45) is 6.60. The Labute approximate surface area is 245 Å². The minimum Gasteiger partial charge on any atom is -0.460 e. The fourth-order valence-corrected chi connectivity index (χ4v) is 5.89. The number of carbonyl (C=O) groups is 3. The molecular formula is C33H34N4O5. The molecule has 4 aliphatic rings. The summed E-state index contributed by atoms with van der Waals surface area (Å²) in [5, 5.41) is 0. The molecule has 2 amide bonds. The molecule has 0 spiro atoms. The van der Waals surface area contributed by atoms with E-state index in [0.29, 0.717) is 41.7 Å². The maximum atomic E-state index is 13.4. The Kier molecular flexibility index (Phi) is 7.01. The van der Waals surface area contributed by atoms with E-state index in [9.17, 15) is 14.4 Å². The van der Waals surface area contributed by atoms with Crippen molar-refractivity contribution in [1.82, 2.24) is 9.88 Å². The molecule has 0 bridgehead atoms. The molecule has 7 rings (SSSR count). The van der Waals surface area contributed by atoms with E-state index >= 15 is 0 Å². The Hall–Kier alpha value is -4.40. The lowest BCUT2D eigenvalue weighted by Crippen LogP contribution is -2.49. The van der Waals surface area contributed by atoms with Gasteiger partial charge in [-0.05, 0) is 85.0 Å². The highest BCUT2D eigenvalue weighted by atomic mass is 16.6. The third-order valence-electron chi connectivity index (χ3n) is 8.62. The van der Waals surface area contributed by atoms with Gasteiger partial charge in [-0.25, -0.2) is 14.6 Å². The molecule has 2 aromatic carbocycles. The molecule has 1 atom stereocenters. The number of anilines is 2. The van der Waals surface area contributed by atoms with Gasteiger partial charge in [0.05, 0.1) is 5.56 Å². The van der Waals surface area contributed by atoms with E-state index in [4.69, 9.17) is 14.5 Å². The van der Waals surface area contributed by atoms with Gasteiger partial charge >= 0.3 is 12.1 Å². The summed E-state index contributed by atoms with van der Waals surface area (Å²) >= 11 is 0. The van der Waals surface area contributed by atoms with E-state index in [1.165, 1.54) is 41.7 Å². The van der Waals surface area contributed by atoms with Gasteiger partial charge in [0.2, 0.25) is 0 Å². The fraction of sp³-hybridized carbons (Fsp3) is 0.394. The number of rotatable bonds is 8. The van der Waals surface area contributed by atoms with Crippen molar-refractivity contribution in [2.45, 2.75) is 43.6 Å². The summed E-state index contributed by atoms with van der Waals surface area (Å²) in [7, 11) is 0. The molecule has 2 saturated carbocycles. The molecule has 2 aliphatic heterocycles. The van der Waals surface area contributed by atoms with Gasteiger partial charge in [-0.3, -0.25) is 9.69 Å². The van der Waals surface area contributed by atoms with Crippen LogP contribution in [0, 0.1) is 0 Å². The average Bonchev–Trinajstić information content (AvgIpc) is 3.98. The first-order valence-corrected chi connectivity index (χ1v) is 14.9. The number of carbonyl (C=O) groups excluding carboxylic acids is 3. The zero-order chi connectivity index (χ0) is 28.6. The van der Waals surface area contributed by atoms with Crippen LogP contribution >= 0.6 is 0 Å². The first-order chi connectivity index (χ1) is 20.5. The van der Waals surface area contributed by atoms with Crippen LogP contribution in [0.4, 0.5) is 16.3 Å². The van der Waals surface area contributed by atoms with Gasteiger partial charge in [0.25, 0.3) is 5.91 Å². The van der Waals surface area contributed by atoms with Crippen molar-refractivity contribution < 1.29 is 23.9 Å². The number of esters is 1. The zero-order valence-corrected chi connectivity index (χ0v) is 23.5.